The molecular weight excluding hydrogens is 358 g/mol. The normalized spacial score (nSPS) is 22.6. The maximum Gasteiger partial charge on any atom is 0.238 e. The molecule has 25 heavy (non-hydrogen) atoms. The number of amides is 2. The van der Waals surface area contributed by atoms with Gasteiger partial charge in [0.2, 0.25) is 11.8 Å². The summed E-state index contributed by atoms with van der Waals surface area (Å²) in [5.41, 5.74) is 1.78. The number of halogens is 1. The van der Waals surface area contributed by atoms with E-state index in [4.69, 9.17) is 11.6 Å². The van der Waals surface area contributed by atoms with Crippen molar-refractivity contribution in [1.82, 2.24) is 9.88 Å². The number of aromatic nitrogens is 1. The molecule has 0 bridgehead atoms. The van der Waals surface area contributed by atoms with Crippen LogP contribution >= 0.6 is 23.4 Å². The molecule has 2 aromatic rings. The minimum atomic E-state index is -0.411. The van der Waals surface area contributed by atoms with E-state index in [-0.39, 0.29) is 24.3 Å². The Morgan fingerprint density at radius 1 is 1.36 bits per heavy atom. The molecule has 2 aliphatic heterocycles. The standard InChI is InChI=1S/C18H18ClN3O2S/c19-11-5-6-15-13(9-11)21-18(24)16(25-15)10-17(23)22-8-2-4-14(22)12-3-1-7-20-12/h1,3,5-7,9,14,16,20H,2,4,8,10H2,(H,21,24)/t14-,16-/m0/s1. The molecule has 2 aliphatic rings. The first-order valence-electron chi connectivity index (χ1n) is 8.31. The van der Waals surface area contributed by atoms with E-state index in [2.05, 4.69) is 10.3 Å². The Labute approximate surface area is 155 Å². The number of carbonyl (C=O) groups excluding carboxylic acids is 2. The molecule has 1 aromatic carbocycles. The number of nitrogens with one attached hydrogen (secondary N) is 2. The fourth-order valence-electron chi connectivity index (χ4n) is 3.47. The lowest BCUT2D eigenvalue weighted by Gasteiger charge is -2.28. The summed E-state index contributed by atoms with van der Waals surface area (Å²) < 4.78 is 0. The fourth-order valence-corrected chi connectivity index (χ4v) is 4.73. The third-order valence-corrected chi connectivity index (χ3v) is 6.19. The van der Waals surface area contributed by atoms with E-state index in [1.54, 1.807) is 12.1 Å². The van der Waals surface area contributed by atoms with E-state index in [0.717, 1.165) is 35.7 Å². The van der Waals surface area contributed by atoms with Gasteiger partial charge < -0.3 is 15.2 Å². The molecule has 0 saturated carbocycles. The number of fused-ring (bicyclic) bond motifs is 1. The predicted octanol–water partition coefficient (Wildman–Crippen LogP) is 3.83. The lowest BCUT2D eigenvalue weighted by atomic mass is 10.1. The van der Waals surface area contributed by atoms with Crippen molar-refractivity contribution in [2.75, 3.05) is 11.9 Å². The molecule has 130 valence electrons. The number of hydrogen-bond donors (Lipinski definition) is 2. The van der Waals surface area contributed by atoms with Crippen LogP contribution in [0.3, 0.4) is 0 Å². The van der Waals surface area contributed by atoms with E-state index < -0.39 is 5.25 Å². The van der Waals surface area contributed by atoms with Gasteiger partial charge in [-0.3, -0.25) is 9.59 Å². The van der Waals surface area contributed by atoms with Gasteiger partial charge in [-0.1, -0.05) is 11.6 Å². The van der Waals surface area contributed by atoms with Gasteiger partial charge in [0.25, 0.3) is 0 Å². The number of hydrogen-bond acceptors (Lipinski definition) is 3. The average molecular weight is 376 g/mol. The van der Waals surface area contributed by atoms with Crippen LogP contribution in [0.5, 0.6) is 0 Å². The Bertz CT molecular complexity index is 809. The van der Waals surface area contributed by atoms with E-state index in [1.807, 2.05) is 29.3 Å². The van der Waals surface area contributed by atoms with Crippen LogP contribution in [0.4, 0.5) is 5.69 Å². The van der Waals surface area contributed by atoms with Crippen molar-refractivity contribution in [3.8, 4) is 0 Å². The molecule has 1 saturated heterocycles. The van der Waals surface area contributed by atoms with Crippen molar-refractivity contribution in [1.29, 1.82) is 0 Å². The van der Waals surface area contributed by atoms with Crippen molar-refractivity contribution in [2.45, 2.75) is 35.4 Å². The molecule has 2 atom stereocenters. The van der Waals surface area contributed by atoms with Gasteiger partial charge in [-0.15, -0.1) is 11.8 Å². The van der Waals surface area contributed by atoms with Crippen molar-refractivity contribution in [3.63, 3.8) is 0 Å². The smallest absolute Gasteiger partial charge is 0.238 e. The maximum atomic E-state index is 12.8. The van der Waals surface area contributed by atoms with Gasteiger partial charge in [-0.25, -0.2) is 0 Å². The average Bonchev–Trinajstić information content (AvgIpc) is 3.26. The first kappa shape index (κ1) is 16.5. The van der Waals surface area contributed by atoms with Crippen LogP contribution in [0, 0.1) is 0 Å². The number of H-pyrrole nitrogens is 1. The molecule has 0 aliphatic carbocycles. The van der Waals surface area contributed by atoms with Gasteiger partial charge in [0.05, 0.1) is 17.0 Å². The topological polar surface area (TPSA) is 65.2 Å². The van der Waals surface area contributed by atoms with Gasteiger partial charge in [0.1, 0.15) is 0 Å². The van der Waals surface area contributed by atoms with Crippen LogP contribution in [0.25, 0.3) is 0 Å². The Hall–Kier alpha value is -1.92. The number of rotatable bonds is 3. The van der Waals surface area contributed by atoms with Crippen molar-refractivity contribution in [3.05, 3.63) is 47.2 Å². The molecule has 0 radical (unpaired) electrons. The molecule has 0 spiro atoms. The lowest BCUT2D eigenvalue weighted by molar-refractivity contribution is -0.133. The van der Waals surface area contributed by atoms with Crippen molar-refractivity contribution >= 4 is 40.9 Å². The second-order valence-corrected chi connectivity index (χ2v) is 7.99. The summed E-state index contributed by atoms with van der Waals surface area (Å²) in [6.07, 6.45) is 4.02. The minimum Gasteiger partial charge on any atom is -0.363 e. The summed E-state index contributed by atoms with van der Waals surface area (Å²) in [6.45, 7) is 0.744. The Kier molecular flexibility index (Phi) is 4.48. The lowest BCUT2D eigenvalue weighted by Crippen LogP contribution is -2.37. The molecule has 5 nitrogen and oxygen atoms in total. The molecule has 3 heterocycles. The fraction of sp³-hybridized carbons (Fsp3) is 0.333. The first-order valence-corrected chi connectivity index (χ1v) is 9.57. The molecule has 1 fully saturated rings. The maximum absolute atomic E-state index is 12.8. The van der Waals surface area contributed by atoms with Gasteiger partial charge in [-0.2, -0.15) is 0 Å². The summed E-state index contributed by atoms with van der Waals surface area (Å²) in [4.78, 5) is 31.3. The second-order valence-electron chi connectivity index (χ2n) is 6.31. The van der Waals surface area contributed by atoms with Crippen LogP contribution in [-0.2, 0) is 9.59 Å². The number of carbonyl (C=O) groups is 2. The highest BCUT2D eigenvalue weighted by atomic mass is 35.5. The summed E-state index contributed by atoms with van der Waals surface area (Å²) >= 11 is 7.41. The number of likely N-dealkylation sites (tertiary alicyclic amines) is 1. The highest BCUT2D eigenvalue weighted by Crippen LogP contribution is 2.39. The first-order chi connectivity index (χ1) is 12.1. The zero-order chi connectivity index (χ0) is 17.4. The van der Waals surface area contributed by atoms with Crippen LogP contribution in [0.2, 0.25) is 5.02 Å². The molecule has 0 unspecified atom stereocenters. The number of benzene rings is 1. The van der Waals surface area contributed by atoms with Crippen LogP contribution in [0.1, 0.15) is 31.0 Å². The number of nitrogens with zero attached hydrogens (tertiary/aromatic N) is 1. The number of anilines is 1. The van der Waals surface area contributed by atoms with Crippen LogP contribution in [0.15, 0.2) is 41.4 Å². The van der Waals surface area contributed by atoms with E-state index in [9.17, 15) is 9.59 Å². The Morgan fingerprint density at radius 2 is 2.24 bits per heavy atom. The highest BCUT2D eigenvalue weighted by Gasteiger charge is 2.35. The molecule has 7 heteroatoms. The minimum absolute atomic E-state index is 0.0298. The second kappa shape index (κ2) is 6.77. The summed E-state index contributed by atoms with van der Waals surface area (Å²) in [7, 11) is 0. The third-order valence-electron chi connectivity index (χ3n) is 4.68. The number of thioether (sulfide) groups is 1. The van der Waals surface area contributed by atoms with Gasteiger partial charge in [-0.05, 0) is 43.2 Å². The van der Waals surface area contributed by atoms with E-state index >= 15 is 0 Å². The van der Waals surface area contributed by atoms with E-state index in [1.165, 1.54) is 11.8 Å². The summed E-state index contributed by atoms with van der Waals surface area (Å²) in [5.74, 6) is -0.106. The Morgan fingerprint density at radius 3 is 3.04 bits per heavy atom. The zero-order valence-corrected chi connectivity index (χ0v) is 15.1. The van der Waals surface area contributed by atoms with Gasteiger partial charge in [0, 0.05) is 34.8 Å². The van der Waals surface area contributed by atoms with Crippen LogP contribution < -0.4 is 5.32 Å². The Balaban J connectivity index is 1.47. The highest BCUT2D eigenvalue weighted by molar-refractivity contribution is 8.01. The largest absolute Gasteiger partial charge is 0.363 e. The van der Waals surface area contributed by atoms with Crippen molar-refractivity contribution in [2.24, 2.45) is 0 Å². The zero-order valence-electron chi connectivity index (χ0n) is 13.5. The predicted molar refractivity (Wildman–Crippen MR) is 98.8 cm³/mol. The van der Waals surface area contributed by atoms with Gasteiger partial charge >= 0.3 is 0 Å². The molecule has 1 aromatic heterocycles. The quantitative estimate of drug-likeness (QED) is 0.856. The third kappa shape index (κ3) is 3.28. The summed E-state index contributed by atoms with van der Waals surface area (Å²) in [6, 6.07) is 9.47. The monoisotopic (exact) mass is 375 g/mol. The SMILES string of the molecule is O=C1Nc2cc(Cl)ccc2S[C@H]1CC(=O)N1CCC[C@H]1c1ccc[nH]1. The van der Waals surface area contributed by atoms with Crippen molar-refractivity contribution < 1.29 is 9.59 Å². The van der Waals surface area contributed by atoms with E-state index in [0.29, 0.717) is 5.02 Å². The molecular formula is C18H18ClN3O2S. The summed E-state index contributed by atoms with van der Waals surface area (Å²) in [5, 5.41) is 3.04. The van der Waals surface area contributed by atoms with Gasteiger partial charge in [0.15, 0.2) is 0 Å². The molecule has 2 amide bonds. The number of aromatic amines is 1. The molecule has 4 rings (SSSR count). The van der Waals surface area contributed by atoms with Crippen LogP contribution in [-0.4, -0.2) is 33.5 Å². The molecule has 2 N–H and O–H groups in total.